The Bertz CT molecular complexity index is 400. The molecule has 0 unspecified atom stereocenters. The van der Waals surface area contributed by atoms with Gasteiger partial charge in [-0.25, -0.2) is 0 Å². The Morgan fingerprint density at radius 3 is 2.56 bits per heavy atom. The summed E-state index contributed by atoms with van der Waals surface area (Å²) in [4.78, 5) is 2.41. The highest BCUT2D eigenvalue weighted by Gasteiger charge is 2.10. The quantitative estimate of drug-likeness (QED) is 0.849. The van der Waals surface area contributed by atoms with Crippen molar-refractivity contribution in [1.29, 1.82) is 0 Å². The van der Waals surface area contributed by atoms with Crippen molar-refractivity contribution in [3.63, 3.8) is 0 Å². The van der Waals surface area contributed by atoms with Gasteiger partial charge in [0.05, 0.1) is 19.5 Å². The Hall–Kier alpha value is -1.26. The fraction of sp³-hybridized carbons (Fsp3) is 0.571. The molecule has 1 saturated heterocycles. The van der Waals surface area contributed by atoms with Gasteiger partial charge < -0.3 is 15.4 Å². The predicted octanol–water partition coefficient (Wildman–Crippen LogP) is 1.59. The van der Waals surface area contributed by atoms with Gasteiger partial charge in [-0.05, 0) is 37.1 Å². The van der Waals surface area contributed by atoms with Crippen LogP contribution in [0, 0.1) is 13.8 Å². The molecule has 0 aliphatic carbocycles. The number of rotatable bonds is 4. The Morgan fingerprint density at radius 2 is 1.89 bits per heavy atom. The van der Waals surface area contributed by atoms with Crippen LogP contribution in [0.5, 0.6) is 5.75 Å². The minimum Gasteiger partial charge on any atom is -0.495 e. The van der Waals surface area contributed by atoms with Gasteiger partial charge in [0.1, 0.15) is 5.75 Å². The molecule has 0 amide bonds. The molecule has 1 aromatic carbocycles. The molecule has 0 atom stereocenters. The van der Waals surface area contributed by atoms with Crippen molar-refractivity contribution in [2.45, 2.75) is 13.8 Å². The molecule has 0 spiro atoms. The summed E-state index contributed by atoms with van der Waals surface area (Å²) in [5.74, 6) is 0.924. The number of piperazine rings is 1. The van der Waals surface area contributed by atoms with Crippen LogP contribution in [0.4, 0.5) is 5.69 Å². The second-order valence-corrected chi connectivity index (χ2v) is 4.84. The van der Waals surface area contributed by atoms with Gasteiger partial charge in [-0.1, -0.05) is 0 Å². The molecule has 2 rings (SSSR count). The maximum Gasteiger partial charge on any atom is 0.142 e. The van der Waals surface area contributed by atoms with E-state index in [0.29, 0.717) is 0 Å². The first kappa shape index (κ1) is 13.2. The molecule has 100 valence electrons. The van der Waals surface area contributed by atoms with Crippen LogP contribution in [0.2, 0.25) is 0 Å². The summed E-state index contributed by atoms with van der Waals surface area (Å²) in [6.07, 6.45) is 0. The Balaban J connectivity index is 2.01. The van der Waals surface area contributed by atoms with Gasteiger partial charge in [-0.15, -0.1) is 0 Å². The molecule has 4 nitrogen and oxygen atoms in total. The van der Waals surface area contributed by atoms with Gasteiger partial charge in [0.15, 0.2) is 0 Å². The first-order valence-electron chi connectivity index (χ1n) is 6.53. The first-order valence-corrected chi connectivity index (χ1v) is 6.53. The van der Waals surface area contributed by atoms with Crippen molar-refractivity contribution in [3.8, 4) is 5.75 Å². The molecule has 18 heavy (non-hydrogen) atoms. The Labute approximate surface area is 109 Å². The van der Waals surface area contributed by atoms with Crippen LogP contribution in [0.15, 0.2) is 12.1 Å². The number of anilines is 1. The monoisotopic (exact) mass is 249 g/mol. The topological polar surface area (TPSA) is 36.5 Å². The molecule has 1 aliphatic heterocycles. The summed E-state index contributed by atoms with van der Waals surface area (Å²) in [5.41, 5.74) is 3.64. The lowest BCUT2D eigenvalue weighted by Crippen LogP contribution is -2.45. The molecule has 1 fully saturated rings. The normalized spacial score (nSPS) is 16.6. The molecule has 1 heterocycles. The summed E-state index contributed by atoms with van der Waals surface area (Å²) in [6.45, 7) is 9.46. The maximum atomic E-state index is 5.43. The zero-order chi connectivity index (χ0) is 13.0. The van der Waals surface area contributed by atoms with Crippen LogP contribution in [0.25, 0.3) is 0 Å². The highest BCUT2D eigenvalue weighted by Crippen LogP contribution is 2.27. The van der Waals surface area contributed by atoms with Crippen LogP contribution in [-0.4, -0.2) is 44.9 Å². The van der Waals surface area contributed by atoms with E-state index in [-0.39, 0.29) is 0 Å². The number of nitrogens with zero attached hydrogens (tertiary/aromatic N) is 1. The molecule has 1 aliphatic rings. The lowest BCUT2D eigenvalue weighted by Gasteiger charge is -2.28. The molecule has 0 radical (unpaired) electrons. The van der Waals surface area contributed by atoms with Gasteiger partial charge in [-0.3, -0.25) is 4.90 Å². The number of methoxy groups -OCH3 is 1. The lowest BCUT2D eigenvalue weighted by atomic mass is 10.1. The zero-order valence-electron chi connectivity index (χ0n) is 11.5. The molecule has 4 heteroatoms. The summed E-state index contributed by atoms with van der Waals surface area (Å²) in [7, 11) is 1.72. The summed E-state index contributed by atoms with van der Waals surface area (Å²) in [6, 6.07) is 4.26. The van der Waals surface area contributed by atoms with Gasteiger partial charge in [0.25, 0.3) is 0 Å². The van der Waals surface area contributed by atoms with E-state index in [2.05, 4.69) is 41.5 Å². The van der Waals surface area contributed by atoms with Crippen molar-refractivity contribution in [1.82, 2.24) is 10.2 Å². The summed E-state index contributed by atoms with van der Waals surface area (Å²) in [5, 5.41) is 6.83. The van der Waals surface area contributed by atoms with Crippen molar-refractivity contribution < 1.29 is 4.74 Å². The molecular weight excluding hydrogens is 226 g/mol. The van der Waals surface area contributed by atoms with Crippen LogP contribution >= 0.6 is 0 Å². The Morgan fingerprint density at radius 1 is 1.22 bits per heavy atom. The lowest BCUT2D eigenvalue weighted by molar-refractivity contribution is 0.256. The van der Waals surface area contributed by atoms with Crippen LogP contribution in [0.1, 0.15) is 11.1 Å². The minimum absolute atomic E-state index is 0.876. The van der Waals surface area contributed by atoms with Crippen molar-refractivity contribution in [2.75, 3.05) is 45.3 Å². The van der Waals surface area contributed by atoms with Crippen molar-refractivity contribution >= 4 is 5.69 Å². The second kappa shape index (κ2) is 6.07. The number of aryl methyl sites for hydroxylation is 2. The highest BCUT2D eigenvalue weighted by atomic mass is 16.5. The van der Waals surface area contributed by atoms with E-state index in [4.69, 9.17) is 4.74 Å². The third-order valence-corrected chi connectivity index (χ3v) is 3.52. The molecule has 0 saturated carbocycles. The Kier molecular flexibility index (Phi) is 4.44. The van der Waals surface area contributed by atoms with E-state index >= 15 is 0 Å². The standard InChI is InChI=1S/C14H23N3O/c1-11-8-13(14(18-3)9-12(11)2)16-10-17-6-4-15-5-7-17/h8-9,15-16H,4-7,10H2,1-3H3. The van der Waals surface area contributed by atoms with Crippen LogP contribution in [0.3, 0.4) is 0 Å². The van der Waals surface area contributed by atoms with Gasteiger partial charge in [0.2, 0.25) is 0 Å². The van der Waals surface area contributed by atoms with Crippen LogP contribution < -0.4 is 15.4 Å². The van der Waals surface area contributed by atoms with Gasteiger partial charge in [-0.2, -0.15) is 0 Å². The SMILES string of the molecule is COc1cc(C)c(C)cc1NCN1CCNCC1. The average molecular weight is 249 g/mol. The van der Waals surface area contributed by atoms with E-state index in [0.717, 1.165) is 44.3 Å². The fourth-order valence-electron chi connectivity index (χ4n) is 2.16. The van der Waals surface area contributed by atoms with Crippen molar-refractivity contribution in [2.24, 2.45) is 0 Å². The maximum absolute atomic E-state index is 5.43. The average Bonchev–Trinajstić information content (AvgIpc) is 2.41. The number of hydrogen-bond donors (Lipinski definition) is 2. The molecule has 1 aromatic rings. The van der Waals surface area contributed by atoms with Crippen LogP contribution in [-0.2, 0) is 0 Å². The van der Waals surface area contributed by atoms with Crippen molar-refractivity contribution in [3.05, 3.63) is 23.3 Å². The van der Waals surface area contributed by atoms with E-state index in [9.17, 15) is 0 Å². The fourth-order valence-corrected chi connectivity index (χ4v) is 2.16. The van der Waals surface area contributed by atoms with Gasteiger partial charge in [0, 0.05) is 26.2 Å². The first-order chi connectivity index (χ1) is 8.70. The summed E-state index contributed by atoms with van der Waals surface area (Å²) < 4.78 is 5.43. The van der Waals surface area contributed by atoms with Gasteiger partial charge >= 0.3 is 0 Å². The largest absolute Gasteiger partial charge is 0.495 e. The van der Waals surface area contributed by atoms with E-state index in [1.165, 1.54) is 11.1 Å². The highest BCUT2D eigenvalue weighted by molar-refractivity contribution is 5.59. The summed E-state index contributed by atoms with van der Waals surface area (Å²) >= 11 is 0. The third kappa shape index (κ3) is 3.15. The number of hydrogen-bond acceptors (Lipinski definition) is 4. The zero-order valence-corrected chi connectivity index (χ0v) is 11.5. The smallest absolute Gasteiger partial charge is 0.142 e. The minimum atomic E-state index is 0.876. The predicted molar refractivity (Wildman–Crippen MR) is 75.4 cm³/mol. The number of benzene rings is 1. The molecular formula is C14H23N3O. The van der Waals surface area contributed by atoms with E-state index in [1.807, 2.05) is 0 Å². The molecule has 0 aromatic heterocycles. The molecule has 0 bridgehead atoms. The molecule has 2 N–H and O–H groups in total. The third-order valence-electron chi connectivity index (χ3n) is 3.52. The number of nitrogens with one attached hydrogen (secondary N) is 2. The second-order valence-electron chi connectivity index (χ2n) is 4.84. The van der Waals surface area contributed by atoms with E-state index < -0.39 is 0 Å². The van der Waals surface area contributed by atoms with E-state index in [1.54, 1.807) is 7.11 Å². The number of ether oxygens (including phenoxy) is 1.